The molecule has 0 radical (unpaired) electrons. The van der Waals surface area contributed by atoms with E-state index in [0.29, 0.717) is 19.1 Å². The minimum atomic E-state index is -0.105. The summed E-state index contributed by atoms with van der Waals surface area (Å²) in [5, 5.41) is 0. The van der Waals surface area contributed by atoms with E-state index in [1.54, 1.807) is 0 Å². The van der Waals surface area contributed by atoms with Crippen molar-refractivity contribution in [1.82, 2.24) is 4.90 Å². The monoisotopic (exact) mass is 269 g/mol. The van der Waals surface area contributed by atoms with Crippen molar-refractivity contribution < 1.29 is 9.53 Å². The number of amides is 1. The molecule has 0 bridgehead atoms. The van der Waals surface area contributed by atoms with Gasteiger partial charge in [-0.05, 0) is 31.2 Å². The van der Waals surface area contributed by atoms with Gasteiger partial charge in [-0.2, -0.15) is 0 Å². The lowest BCUT2D eigenvalue weighted by molar-refractivity contribution is -0.133. The Bertz CT molecular complexity index is 542. The highest BCUT2D eigenvalue weighted by Crippen LogP contribution is 2.36. The molecule has 1 aromatic rings. The van der Waals surface area contributed by atoms with Crippen molar-refractivity contribution in [3.05, 3.63) is 29.8 Å². The number of carbonyl (C=O) groups is 1. The van der Waals surface area contributed by atoms with Crippen LogP contribution in [-0.2, 0) is 4.79 Å². The first-order valence-corrected chi connectivity index (χ1v) is 7.23. The van der Waals surface area contributed by atoms with Gasteiger partial charge in [0.25, 0.3) is 0 Å². The maximum absolute atomic E-state index is 12.8. The van der Waals surface area contributed by atoms with Gasteiger partial charge in [0.05, 0.1) is 19.1 Å². The molecule has 0 aromatic heterocycles. The number of ether oxygens (including phenoxy) is 1. The van der Waals surface area contributed by atoms with Gasteiger partial charge in [-0.1, -0.05) is 24.1 Å². The Hall–Kier alpha value is -1.95. The molecule has 2 aliphatic rings. The van der Waals surface area contributed by atoms with E-state index in [4.69, 9.17) is 11.2 Å². The fourth-order valence-corrected chi connectivity index (χ4v) is 2.77. The van der Waals surface area contributed by atoms with Gasteiger partial charge < -0.3 is 9.64 Å². The number of nitrogens with zero attached hydrogens (tertiary/aromatic N) is 1. The number of hydrogen-bond donors (Lipinski definition) is 0. The molecule has 1 heterocycles. The van der Waals surface area contributed by atoms with Gasteiger partial charge in [-0.15, -0.1) is 6.42 Å². The minimum absolute atomic E-state index is 0.105. The molecule has 1 unspecified atom stereocenters. The van der Waals surface area contributed by atoms with E-state index in [9.17, 15) is 4.79 Å². The van der Waals surface area contributed by atoms with Crippen LogP contribution >= 0.6 is 0 Å². The Morgan fingerprint density at radius 2 is 2.15 bits per heavy atom. The Labute approximate surface area is 119 Å². The Morgan fingerprint density at radius 1 is 1.35 bits per heavy atom. The van der Waals surface area contributed by atoms with Crippen LogP contribution in [0, 0.1) is 18.3 Å². The van der Waals surface area contributed by atoms with E-state index in [0.717, 1.165) is 24.3 Å². The van der Waals surface area contributed by atoms with Crippen LogP contribution in [-0.4, -0.2) is 30.5 Å². The number of terminal acetylenes is 1. The summed E-state index contributed by atoms with van der Waals surface area (Å²) in [7, 11) is 0. The molecule has 1 aliphatic heterocycles. The fraction of sp³-hybridized carbons (Fsp3) is 0.471. The lowest BCUT2D eigenvalue weighted by Crippen LogP contribution is -2.38. The second-order valence-electron chi connectivity index (χ2n) is 5.59. The van der Waals surface area contributed by atoms with Crippen LogP contribution in [0.3, 0.4) is 0 Å². The highest BCUT2D eigenvalue weighted by atomic mass is 16.5. The number of fused-ring (bicyclic) bond motifs is 1. The van der Waals surface area contributed by atoms with Gasteiger partial charge in [0.1, 0.15) is 5.75 Å². The normalized spacial score (nSPS) is 20.4. The maximum atomic E-state index is 12.8. The van der Waals surface area contributed by atoms with Crippen LogP contribution in [0.25, 0.3) is 0 Å². The van der Waals surface area contributed by atoms with E-state index in [1.165, 1.54) is 12.8 Å². The average Bonchev–Trinajstić information content (AvgIpc) is 3.29. The van der Waals surface area contributed by atoms with Crippen molar-refractivity contribution in [2.45, 2.75) is 25.2 Å². The largest absolute Gasteiger partial charge is 0.493 e. The summed E-state index contributed by atoms with van der Waals surface area (Å²) < 4.78 is 5.63. The molecule has 3 nitrogen and oxygen atoms in total. The van der Waals surface area contributed by atoms with Gasteiger partial charge in [-0.3, -0.25) is 4.79 Å². The molecule has 0 N–H and O–H groups in total. The summed E-state index contributed by atoms with van der Waals surface area (Å²) in [6.07, 6.45) is 8.60. The van der Waals surface area contributed by atoms with E-state index in [1.807, 2.05) is 29.2 Å². The third-order valence-corrected chi connectivity index (χ3v) is 4.03. The van der Waals surface area contributed by atoms with E-state index in [2.05, 4.69) is 5.92 Å². The molecular formula is C17H19NO2. The maximum Gasteiger partial charge on any atom is 0.231 e. The van der Waals surface area contributed by atoms with Crippen molar-refractivity contribution in [2.75, 3.05) is 19.7 Å². The molecule has 3 rings (SSSR count). The predicted molar refractivity (Wildman–Crippen MR) is 77.4 cm³/mol. The number of hydrogen-bond acceptors (Lipinski definition) is 2. The van der Waals surface area contributed by atoms with E-state index in [-0.39, 0.29) is 11.8 Å². The number of carbonyl (C=O) groups excluding carboxylic acids is 1. The standard InChI is InChI=1S/C17H19NO2/c1-2-10-18(12-13-7-8-13)17(19)15-9-11-20-16-6-4-3-5-14(15)16/h1,3-6,13,15H,7-12H2. The fourth-order valence-electron chi connectivity index (χ4n) is 2.77. The third-order valence-electron chi connectivity index (χ3n) is 4.03. The quantitative estimate of drug-likeness (QED) is 0.786. The Balaban J connectivity index is 1.80. The number of para-hydroxylation sites is 1. The molecule has 1 atom stereocenters. The molecule has 1 saturated carbocycles. The summed E-state index contributed by atoms with van der Waals surface area (Å²) in [4.78, 5) is 14.6. The SMILES string of the molecule is C#CCN(CC1CC1)C(=O)C1CCOc2ccccc21. The first-order valence-electron chi connectivity index (χ1n) is 7.23. The molecule has 1 amide bonds. The summed E-state index contributed by atoms with van der Waals surface area (Å²) >= 11 is 0. The molecule has 104 valence electrons. The Morgan fingerprint density at radius 3 is 2.90 bits per heavy atom. The van der Waals surface area contributed by atoms with Gasteiger partial charge in [0.15, 0.2) is 0 Å². The van der Waals surface area contributed by atoms with Crippen molar-refractivity contribution in [1.29, 1.82) is 0 Å². The smallest absolute Gasteiger partial charge is 0.231 e. The van der Waals surface area contributed by atoms with Crippen LogP contribution in [0.4, 0.5) is 0 Å². The summed E-state index contributed by atoms with van der Waals surface area (Å²) in [5.41, 5.74) is 1.00. The molecule has 0 saturated heterocycles. The minimum Gasteiger partial charge on any atom is -0.493 e. The summed E-state index contributed by atoms with van der Waals surface area (Å²) in [5.74, 6) is 4.16. The predicted octanol–water partition coefficient (Wildman–Crippen LogP) is 2.42. The van der Waals surface area contributed by atoms with E-state index < -0.39 is 0 Å². The van der Waals surface area contributed by atoms with Crippen LogP contribution < -0.4 is 4.74 Å². The van der Waals surface area contributed by atoms with Crippen LogP contribution in [0.2, 0.25) is 0 Å². The zero-order valence-electron chi connectivity index (χ0n) is 11.5. The van der Waals surface area contributed by atoms with Gasteiger partial charge in [0, 0.05) is 12.1 Å². The highest BCUT2D eigenvalue weighted by molar-refractivity contribution is 5.85. The highest BCUT2D eigenvalue weighted by Gasteiger charge is 2.33. The topological polar surface area (TPSA) is 29.5 Å². The zero-order valence-corrected chi connectivity index (χ0v) is 11.5. The van der Waals surface area contributed by atoms with Crippen LogP contribution in [0.1, 0.15) is 30.7 Å². The lowest BCUT2D eigenvalue weighted by Gasteiger charge is -2.30. The van der Waals surface area contributed by atoms with Crippen LogP contribution in [0.15, 0.2) is 24.3 Å². The van der Waals surface area contributed by atoms with Crippen molar-refractivity contribution in [3.63, 3.8) is 0 Å². The first kappa shape index (κ1) is 13.1. The average molecular weight is 269 g/mol. The molecule has 0 spiro atoms. The third kappa shape index (κ3) is 2.65. The summed E-state index contributed by atoms with van der Waals surface area (Å²) in [6, 6.07) is 7.82. The molecule has 1 aromatic carbocycles. The van der Waals surface area contributed by atoms with Crippen LogP contribution in [0.5, 0.6) is 5.75 Å². The number of benzene rings is 1. The van der Waals surface area contributed by atoms with Crippen molar-refractivity contribution in [3.8, 4) is 18.1 Å². The van der Waals surface area contributed by atoms with Gasteiger partial charge in [-0.25, -0.2) is 0 Å². The molecule has 1 fully saturated rings. The molecule has 1 aliphatic carbocycles. The first-order chi connectivity index (χ1) is 9.79. The number of rotatable bonds is 4. The lowest BCUT2D eigenvalue weighted by atomic mass is 9.91. The van der Waals surface area contributed by atoms with Gasteiger partial charge in [0.2, 0.25) is 5.91 Å². The molecule has 3 heteroatoms. The molecule has 20 heavy (non-hydrogen) atoms. The van der Waals surface area contributed by atoms with Crippen molar-refractivity contribution in [2.24, 2.45) is 5.92 Å². The van der Waals surface area contributed by atoms with Crippen molar-refractivity contribution >= 4 is 5.91 Å². The molecular weight excluding hydrogens is 250 g/mol. The second kappa shape index (κ2) is 5.58. The zero-order chi connectivity index (χ0) is 13.9. The Kier molecular flexibility index (Phi) is 3.64. The summed E-state index contributed by atoms with van der Waals surface area (Å²) in [6.45, 7) is 1.82. The van der Waals surface area contributed by atoms with E-state index >= 15 is 0 Å². The van der Waals surface area contributed by atoms with Gasteiger partial charge >= 0.3 is 0 Å². The second-order valence-corrected chi connectivity index (χ2v) is 5.59.